The molecule has 4 atom stereocenters. The predicted molar refractivity (Wildman–Crippen MR) is 97.4 cm³/mol. The summed E-state index contributed by atoms with van der Waals surface area (Å²) in [7, 11) is 0. The smallest absolute Gasteiger partial charge is 0.0809 e. The number of hydrogen-bond acceptors (Lipinski definition) is 1. The van der Waals surface area contributed by atoms with Crippen LogP contribution in [-0.2, 0) is 0 Å². The van der Waals surface area contributed by atoms with Crippen molar-refractivity contribution in [2.75, 3.05) is 0 Å². The SMILES string of the molecule is OC1C(Cl)CC2CCCC=C2C1c1cc(Cl)cc2ccccc12. The van der Waals surface area contributed by atoms with Gasteiger partial charge in [-0.15, -0.1) is 11.6 Å². The molecule has 2 aliphatic rings. The third-order valence-electron chi connectivity index (χ3n) is 5.38. The minimum atomic E-state index is -0.556. The molecule has 0 aliphatic heterocycles. The maximum atomic E-state index is 10.9. The first kappa shape index (κ1) is 15.5. The van der Waals surface area contributed by atoms with E-state index in [1.807, 2.05) is 24.3 Å². The summed E-state index contributed by atoms with van der Waals surface area (Å²) in [6, 6.07) is 12.3. The van der Waals surface area contributed by atoms with E-state index in [2.05, 4.69) is 18.2 Å². The molecule has 0 aromatic heterocycles. The summed E-state index contributed by atoms with van der Waals surface area (Å²) in [6.07, 6.45) is 6.15. The van der Waals surface area contributed by atoms with Gasteiger partial charge in [0.15, 0.2) is 0 Å². The zero-order valence-corrected chi connectivity index (χ0v) is 14.4. The van der Waals surface area contributed by atoms with E-state index >= 15 is 0 Å². The maximum absolute atomic E-state index is 10.9. The molecule has 2 aliphatic carbocycles. The van der Waals surface area contributed by atoms with Gasteiger partial charge in [0.1, 0.15) is 0 Å². The monoisotopic (exact) mass is 346 g/mol. The van der Waals surface area contributed by atoms with E-state index in [0.29, 0.717) is 5.92 Å². The van der Waals surface area contributed by atoms with Gasteiger partial charge in [0.25, 0.3) is 0 Å². The highest BCUT2D eigenvalue weighted by molar-refractivity contribution is 6.31. The Kier molecular flexibility index (Phi) is 4.13. The molecule has 2 aromatic carbocycles. The van der Waals surface area contributed by atoms with Crippen molar-refractivity contribution in [2.45, 2.75) is 43.1 Å². The number of aliphatic hydroxyl groups is 1. The van der Waals surface area contributed by atoms with Crippen molar-refractivity contribution in [1.82, 2.24) is 0 Å². The fourth-order valence-electron chi connectivity index (χ4n) is 4.34. The van der Waals surface area contributed by atoms with Crippen LogP contribution in [0.4, 0.5) is 0 Å². The normalized spacial score (nSPS) is 30.8. The summed E-state index contributed by atoms with van der Waals surface area (Å²) < 4.78 is 0. The quantitative estimate of drug-likeness (QED) is 0.520. The van der Waals surface area contributed by atoms with Gasteiger partial charge in [-0.25, -0.2) is 0 Å². The number of hydrogen-bond donors (Lipinski definition) is 1. The molecular formula is C20H20Cl2O. The van der Waals surface area contributed by atoms with Gasteiger partial charge >= 0.3 is 0 Å². The molecule has 1 fully saturated rings. The zero-order valence-electron chi connectivity index (χ0n) is 12.9. The molecule has 2 aromatic rings. The fourth-order valence-corrected chi connectivity index (χ4v) is 4.94. The summed E-state index contributed by atoms with van der Waals surface area (Å²) in [4.78, 5) is 0. The molecule has 4 unspecified atom stereocenters. The third-order valence-corrected chi connectivity index (χ3v) is 6.04. The van der Waals surface area contributed by atoms with Crippen LogP contribution < -0.4 is 0 Å². The molecule has 1 saturated carbocycles. The summed E-state index contributed by atoms with van der Waals surface area (Å²) in [5, 5.41) is 13.7. The minimum Gasteiger partial charge on any atom is -0.391 e. The average Bonchev–Trinajstić information content (AvgIpc) is 2.55. The Morgan fingerprint density at radius 3 is 2.83 bits per heavy atom. The van der Waals surface area contributed by atoms with Crippen LogP contribution in [0, 0.1) is 5.92 Å². The maximum Gasteiger partial charge on any atom is 0.0809 e. The van der Waals surface area contributed by atoms with Gasteiger partial charge in [-0.3, -0.25) is 0 Å². The van der Waals surface area contributed by atoms with Gasteiger partial charge in [-0.2, -0.15) is 0 Å². The molecular weight excluding hydrogens is 327 g/mol. The molecule has 0 spiro atoms. The van der Waals surface area contributed by atoms with Crippen molar-refractivity contribution in [3.63, 3.8) is 0 Å². The van der Waals surface area contributed by atoms with Crippen LogP contribution in [0.3, 0.4) is 0 Å². The van der Waals surface area contributed by atoms with Crippen LogP contribution in [0.25, 0.3) is 10.8 Å². The van der Waals surface area contributed by atoms with Crippen molar-refractivity contribution in [3.8, 4) is 0 Å². The number of halogens is 2. The van der Waals surface area contributed by atoms with E-state index in [0.717, 1.165) is 34.2 Å². The van der Waals surface area contributed by atoms with E-state index in [1.54, 1.807) is 0 Å². The van der Waals surface area contributed by atoms with E-state index in [-0.39, 0.29) is 11.3 Å². The van der Waals surface area contributed by atoms with Gasteiger partial charge in [0.05, 0.1) is 11.5 Å². The number of benzene rings is 2. The Bertz CT molecular complexity index is 767. The highest BCUT2D eigenvalue weighted by atomic mass is 35.5. The van der Waals surface area contributed by atoms with Gasteiger partial charge in [0, 0.05) is 10.9 Å². The standard InChI is InChI=1S/C20H20Cl2O/c21-14-9-12-5-1-3-7-15(12)17(11-14)19-16-8-4-2-6-13(16)10-18(22)20(19)23/h1,3,5,7-9,11,13,18-20,23H,2,4,6,10H2. The second-order valence-corrected chi connectivity index (χ2v) is 7.77. The van der Waals surface area contributed by atoms with Crippen molar-refractivity contribution >= 4 is 34.0 Å². The van der Waals surface area contributed by atoms with Crippen molar-refractivity contribution in [1.29, 1.82) is 0 Å². The lowest BCUT2D eigenvalue weighted by molar-refractivity contribution is 0.116. The van der Waals surface area contributed by atoms with Crippen LogP contribution in [0.15, 0.2) is 48.0 Å². The lowest BCUT2D eigenvalue weighted by atomic mass is 9.67. The largest absolute Gasteiger partial charge is 0.391 e. The van der Waals surface area contributed by atoms with E-state index < -0.39 is 6.10 Å². The molecule has 1 nitrogen and oxygen atoms in total. The van der Waals surface area contributed by atoms with Crippen molar-refractivity contribution < 1.29 is 5.11 Å². The average molecular weight is 347 g/mol. The molecule has 0 heterocycles. The number of allylic oxidation sites excluding steroid dienone is 1. The number of rotatable bonds is 1. The van der Waals surface area contributed by atoms with Gasteiger partial charge in [-0.1, -0.05) is 47.5 Å². The second kappa shape index (κ2) is 6.12. The first-order valence-corrected chi connectivity index (χ1v) is 9.17. The van der Waals surface area contributed by atoms with E-state index in [1.165, 1.54) is 18.4 Å². The first-order chi connectivity index (χ1) is 11.1. The van der Waals surface area contributed by atoms with Crippen molar-refractivity contribution in [3.05, 3.63) is 58.6 Å². The Morgan fingerprint density at radius 1 is 1.13 bits per heavy atom. The molecule has 0 saturated heterocycles. The van der Waals surface area contributed by atoms with Gasteiger partial charge in [-0.05, 0) is 60.1 Å². The summed E-state index contributed by atoms with van der Waals surface area (Å²) in [5.74, 6) is 0.456. The topological polar surface area (TPSA) is 20.2 Å². The first-order valence-electron chi connectivity index (χ1n) is 8.35. The second-order valence-electron chi connectivity index (χ2n) is 6.77. The Hall–Kier alpha value is -1.02. The molecule has 0 radical (unpaired) electrons. The van der Waals surface area contributed by atoms with Crippen molar-refractivity contribution in [2.24, 2.45) is 5.92 Å². The molecule has 4 rings (SSSR count). The Labute approximate surface area is 146 Å². The van der Waals surface area contributed by atoms with Crippen LogP contribution in [0.1, 0.15) is 37.2 Å². The molecule has 0 amide bonds. The van der Waals surface area contributed by atoms with Gasteiger partial charge < -0.3 is 5.11 Å². The van der Waals surface area contributed by atoms with Gasteiger partial charge in [0.2, 0.25) is 0 Å². The predicted octanol–water partition coefficient (Wildman–Crippen LogP) is 5.68. The Morgan fingerprint density at radius 2 is 1.96 bits per heavy atom. The Balaban J connectivity index is 1.92. The van der Waals surface area contributed by atoms with Crippen LogP contribution in [-0.4, -0.2) is 16.6 Å². The molecule has 0 bridgehead atoms. The van der Waals surface area contributed by atoms with E-state index in [9.17, 15) is 5.11 Å². The summed E-state index contributed by atoms with van der Waals surface area (Å²) in [6.45, 7) is 0. The van der Waals surface area contributed by atoms with Crippen LogP contribution in [0.5, 0.6) is 0 Å². The molecule has 120 valence electrons. The zero-order chi connectivity index (χ0) is 16.0. The lowest BCUT2D eigenvalue weighted by Gasteiger charge is -2.41. The fraction of sp³-hybridized carbons (Fsp3) is 0.400. The third kappa shape index (κ3) is 2.69. The van der Waals surface area contributed by atoms with E-state index in [4.69, 9.17) is 23.2 Å². The molecule has 3 heteroatoms. The number of alkyl halides is 1. The number of fused-ring (bicyclic) bond motifs is 2. The molecule has 1 N–H and O–H groups in total. The highest BCUT2D eigenvalue weighted by Crippen LogP contribution is 2.48. The summed E-state index contributed by atoms with van der Waals surface area (Å²) in [5.41, 5.74) is 2.48. The highest BCUT2D eigenvalue weighted by Gasteiger charge is 2.41. The minimum absolute atomic E-state index is 0.0415. The summed E-state index contributed by atoms with van der Waals surface area (Å²) >= 11 is 12.9. The lowest BCUT2D eigenvalue weighted by Crippen LogP contribution is -2.39. The number of aliphatic hydroxyl groups excluding tert-OH is 1. The van der Waals surface area contributed by atoms with Crippen LogP contribution in [0.2, 0.25) is 5.02 Å². The van der Waals surface area contributed by atoms with Crippen LogP contribution >= 0.6 is 23.2 Å². The molecule has 23 heavy (non-hydrogen) atoms.